The van der Waals surface area contributed by atoms with Gasteiger partial charge in [-0.2, -0.15) is 5.26 Å². The van der Waals surface area contributed by atoms with E-state index < -0.39 is 20.7 Å². The number of nitrogens with zero attached hydrogens (tertiary/aromatic N) is 2. The van der Waals surface area contributed by atoms with Gasteiger partial charge in [0.15, 0.2) is 5.76 Å². The van der Waals surface area contributed by atoms with Crippen molar-refractivity contribution in [1.82, 2.24) is 0 Å². The lowest BCUT2D eigenvalue weighted by Gasteiger charge is -2.29. The minimum atomic E-state index is -4.21. The molecule has 2 N–H and O–H groups in total. The normalized spacial score (nSPS) is 16.2. The van der Waals surface area contributed by atoms with Gasteiger partial charge in [0.2, 0.25) is 15.7 Å². The first-order valence-electron chi connectivity index (χ1n) is 9.76. The average Bonchev–Trinajstić information content (AvgIpc) is 2.84. The molecule has 3 aromatic carbocycles. The highest BCUT2D eigenvalue weighted by atomic mass is 32.2. The lowest BCUT2D eigenvalue weighted by atomic mass is 9.88. The highest BCUT2D eigenvalue weighted by Crippen LogP contribution is 2.46. The van der Waals surface area contributed by atoms with E-state index in [1.54, 1.807) is 48.5 Å². The molecule has 0 fully saturated rings. The monoisotopic (exact) mass is 459 g/mol. The zero-order valence-electron chi connectivity index (χ0n) is 17.1. The van der Waals surface area contributed by atoms with E-state index in [2.05, 4.69) is 0 Å². The number of benzene rings is 3. The largest absolute Gasteiger partial charge is 0.439 e. The lowest BCUT2D eigenvalue weighted by molar-refractivity contribution is -0.384. The van der Waals surface area contributed by atoms with E-state index in [-0.39, 0.29) is 38.3 Å². The van der Waals surface area contributed by atoms with Gasteiger partial charge in [-0.05, 0) is 17.7 Å². The molecular weight excluding hydrogens is 442 g/mol. The fourth-order valence-electron chi connectivity index (χ4n) is 3.67. The number of allylic oxidation sites excluding steroid dienone is 2. The molecule has 1 aliphatic rings. The molecule has 8 nitrogen and oxygen atoms in total. The highest BCUT2D eigenvalue weighted by Gasteiger charge is 2.41. The number of ether oxygens (including phenoxy) is 1. The molecule has 0 spiro atoms. The molecule has 0 radical (unpaired) electrons. The molecule has 0 saturated carbocycles. The smallest absolute Gasteiger partial charge is 0.269 e. The quantitative estimate of drug-likeness (QED) is 0.445. The maximum atomic E-state index is 13.9. The van der Waals surface area contributed by atoms with Gasteiger partial charge < -0.3 is 10.5 Å². The number of hydrogen-bond acceptors (Lipinski definition) is 7. The third-order valence-electron chi connectivity index (χ3n) is 5.17. The molecule has 0 aliphatic carbocycles. The van der Waals surface area contributed by atoms with Crippen molar-refractivity contribution in [3.05, 3.63) is 123 Å². The Bertz CT molecular complexity index is 1440. The van der Waals surface area contributed by atoms with Crippen LogP contribution in [0, 0.1) is 21.4 Å². The SMILES string of the molecule is N#CC1=C(N)OC(c2ccccc2)=C(S(=O)(=O)c2ccccc2)[C@H]1c1cccc([N+](=O)[O-])c1. The fraction of sp³-hybridized carbons (Fsp3) is 0.0417. The van der Waals surface area contributed by atoms with Gasteiger partial charge in [0.05, 0.1) is 15.7 Å². The molecule has 0 unspecified atom stereocenters. The summed E-state index contributed by atoms with van der Waals surface area (Å²) in [6.45, 7) is 0. The molecule has 1 aliphatic heterocycles. The van der Waals surface area contributed by atoms with E-state index in [0.29, 0.717) is 5.56 Å². The van der Waals surface area contributed by atoms with Crippen LogP contribution in [0.25, 0.3) is 5.76 Å². The number of sulfone groups is 1. The number of nitro groups is 1. The molecule has 164 valence electrons. The minimum Gasteiger partial charge on any atom is -0.439 e. The van der Waals surface area contributed by atoms with E-state index >= 15 is 0 Å². The molecule has 3 aromatic rings. The van der Waals surface area contributed by atoms with Crippen LogP contribution in [0.1, 0.15) is 17.0 Å². The second-order valence-corrected chi connectivity index (χ2v) is 9.07. The van der Waals surface area contributed by atoms with E-state index in [0.717, 1.165) is 0 Å². The maximum Gasteiger partial charge on any atom is 0.269 e. The maximum absolute atomic E-state index is 13.9. The second kappa shape index (κ2) is 8.61. The molecule has 4 rings (SSSR count). The van der Waals surface area contributed by atoms with Crippen molar-refractivity contribution >= 4 is 21.3 Å². The van der Waals surface area contributed by atoms with Gasteiger partial charge in [0, 0.05) is 17.7 Å². The Morgan fingerprint density at radius 1 is 0.970 bits per heavy atom. The van der Waals surface area contributed by atoms with Crippen LogP contribution in [0.4, 0.5) is 5.69 Å². The summed E-state index contributed by atoms with van der Waals surface area (Å²) in [7, 11) is -4.21. The van der Waals surface area contributed by atoms with E-state index in [4.69, 9.17) is 10.5 Å². The van der Waals surface area contributed by atoms with Gasteiger partial charge in [-0.25, -0.2) is 8.42 Å². The Balaban J connectivity index is 2.08. The zero-order valence-corrected chi connectivity index (χ0v) is 17.9. The Hall–Kier alpha value is -4.42. The highest BCUT2D eigenvalue weighted by molar-refractivity contribution is 7.95. The summed E-state index contributed by atoms with van der Waals surface area (Å²) in [6.07, 6.45) is 0. The third kappa shape index (κ3) is 3.95. The topological polar surface area (TPSA) is 136 Å². The third-order valence-corrected chi connectivity index (χ3v) is 7.06. The predicted molar refractivity (Wildman–Crippen MR) is 121 cm³/mol. The molecule has 9 heteroatoms. The van der Waals surface area contributed by atoms with Crippen molar-refractivity contribution in [2.24, 2.45) is 5.73 Å². The Morgan fingerprint density at radius 3 is 2.21 bits per heavy atom. The van der Waals surface area contributed by atoms with Crippen LogP contribution in [0.2, 0.25) is 0 Å². The molecule has 0 amide bonds. The predicted octanol–water partition coefficient (Wildman–Crippen LogP) is 4.25. The number of nitrogens with two attached hydrogens (primary N) is 1. The zero-order chi connectivity index (χ0) is 23.6. The van der Waals surface area contributed by atoms with Crippen LogP contribution in [0.3, 0.4) is 0 Å². The van der Waals surface area contributed by atoms with Crippen molar-refractivity contribution in [3.8, 4) is 6.07 Å². The van der Waals surface area contributed by atoms with Crippen LogP contribution in [-0.2, 0) is 14.6 Å². The van der Waals surface area contributed by atoms with Gasteiger partial charge >= 0.3 is 0 Å². The number of nitriles is 1. The standard InChI is InChI=1S/C24H17N3O5S/c25-15-20-21(17-10-7-11-18(14-17)27(28)29)23(33(30,31)19-12-5-2-6-13-19)22(32-24(20)26)16-8-3-1-4-9-16/h1-14,21H,26H2/t21-/m0/s1. The van der Waals surface area contributed by atoms with Gasteiger partial charge in [-0.3, -0.25) is 10.1 Å². The first-order chi connectivity index (χ1) is 15.8. The summed E-state index contributed by atoms with van der Waals surface area (Å²) in [5, 5.41) is 21.2. The summed E-state index contributed by atoms with van der Waals surface area (Å²) < 4.78 is 33.5. The number of hydrogen-bond donors (Lipinski definition) is 1. The summed E-state index contributed by atoms with van der Waals surface area (Å²) in [5.41, 5.74) is 6.33. The Labute approximate surface area is 189 Å². The Kier molecular flexibility index (Phi) is 5.69. The second-order valence-electron chi connectivity index (χ2n) is 7.15. The van der Waals surface area contributed by atoms with Crippen LogP contribution in [-0.4, -0.2) is 13.3 Å². The van der Waals surface area contributed by atoms with Gasteiger partial charge in [-0.15, -0.1) is 0 Å². The van der Waals surface area contributed by atoms with Crippen molar-refractivity contribution < 1.29 is 18.1 Å². The summed E-state index contributed by atoms with van der Waals surface area (Å²) >= 11 is 0. The fourth-order valence-corrected chi connectivity index (χ4v) is 5.41. The van der Waals surface area contributed by atoms with Gasteiger partial charge in [-0.1, -0.05) is 60.7 Å². The molecular formula is C24H17N3O5S. The van der Waals surface area contributed by atoms with Crippen molar-refractivity contribution in [2.45, 2.75) is 10.8 Å². The molecule has 0 saturated heterocycles. The molecule has 0 bridgehead atoms. The summed E-state index contributed by atoms with van der Waals surface area (Å²) in [6, 6.07) is 23.6. The van der Waals surface area contributed by atoms with Crippen LogP contribution in [0.15, 0.2) is 106 Å². The average molecular weight is 459 g/mol. The molecule has 1 heterocycles. The number of non-ortho nitro benzene ring substituents is 1. The van der Waals surface area contributed by atoms with E-state index in [1.807, 2.05) is 6.07 Å². The van der Waals surface area contributed by atoms with Crippen LogP contribution in [0.5, 0.6) is 0 Å². The van der Waals surface area contributed by atoms with Gasteiger partial charge in [0.1, 0.15) is 16.5 Å². The number of rotatable bonds is 5. The van der Waals surface area contributed by atoms with Crippen molar-refractivity contribution in [2.75, 3.05) is 0 Å². The Morgan fingerprint density at radius 2 is 1.61 bits per heavy atom. The molecule has 1 atom stereocenters. The van der Waals surface area contributed by atoms with Crippen molar-refractivity contribution in [3.63, 3.8) is 0 Å². The van der Waals surface area contributed by atoms with E-state index in [1.165, 1.54) is 36.4 Å². The first-order valence-corrected chi connectivity index (χ1v) is 11.2. The summed E-state index contributed by atoms with van der Waals surface area (Å²) in [4.78, 5) is 10.6. The van der Waals surface area contributed by atoms with Gasteiger partial charge in [0.25, 0.3) is 5.69 Å². The van der Waals surface area contributed by atoms with E-state index in [9.17, 15) is 23.8 Å². The van der Waals surface area contributed by atoms with Crippen LogP contribution < -0.4 is 5.73 Å². The summed E-state index contributed by atoms with van der Waals surface area (Å²) in [5.74, 6) is -1.50. The van der Waals surface area contributed by atoms with Crippen molar-refractivity contribution in [1.29, 1.82) is 5.26 Å². The minimum absolute atomic E-state index is 0.00905. The lowest BCUT2D eigenvalue weighted by Crippen LogP contribution is -2.25. The van der Waals surface area contributed by atoms with Crippen LogP contribution >= 0.6 is 0 Å². The number of nitro benzene ring substituents is 1. The molecule has 33 heavy (non-hydrogen) atoms. The first kappa shape index (κ1) is 21.8. The molecule has 0 aromatic heterocycles.